The minimum Gasteiger partial charge on any atom is -0.341 e. The number of fused-ring (bicyclic) bond motifs is 2. The maximum absolute atomic E-state index is 12.9. The summed E-state index contributed by atoms with van der Waals surface area (Å²) < 4.78 is 0. The molecule has 2 aliphatic heterocycles. The van der Waals surface area contributed by atoms with Gasteiger partial charge < -0.3 is 9.80 Å². The van der Waals surface area contributed by atoms with Crippen LogP contribution in [0.1, 0.15) is 23.1 Å². The minimum absolute atomic E-state index is 0.0977. The molecule has 1 unspecified atom stereocenters. The predicted octanol–water partition coefficient (Wildman–Crippen LogP) is 2.68. The first-order valence-corrected chi connectivity index (χ1v) is 8.72. The lowest BCUT2D eigenvalue weighted by Crippen LogP contribution is -2.42. The molecule has 0 radical (unpaired) electrons. The second kappa shape index (κ2) is 5.73. The number of para-hydroxylation sites is 1. The average molecular weight is 334 g/mol. The average Bonchev–Trinajstić information content (AvgIpc) is 3.16. The zero-order valence-electron chi connectivity index (χ0n) is 14.7. The summed E-state index contributed by atoms with van der Waals surface area (Å²) in [6, 6.07) is 16.0. The molecule has 0 bridgehead atoms. The van der Waals surface area contributed by atoms with Crippen LogP contribution < -0.4 is 4.90 Å². The lowest BCUT2D eigenvalue weighted by molar-refractivity contribution is -0.130. The maximum atomic E-state index is 12.9. The van der Waals surface area contributed by atoms with Gasteiger partial charge in [0.25, 0.3) is 0 Å². The van der Waals surface area contributed by atoms with Gasteiger partial charge in [-0.3, -0.25) is 9.59 Å². The Kier molecular flexibility index (Phi) is 3.64. The summed E-state index contributed by atoms with van der Waals surface area (Å²) in [5.41, 5.74) is 3.68. The number of aryl methyl sites for hydroxylation is 1. The van der Waals surface area contributed by atoms with Gasteiger partial charge in [-0.15, -0.1) is 0 Å². The molecule has 1 atom stereocenters. The van der Waals surface area contributed by atoms with Gasteiger partial charge in [-0.1, -0.05) is 48.0 Å². The Morgan fingerprint density at radius 2 is 1.84 bits per heavy atom. The predicted molar refractivity (Wildman–Crippen MR) is 97.6 cm³/mol. The van der Waals surface area contributed by atoms with E-state index >= 15 is 0 Å². The number of carbonyl (C=O) groups excluding carboxylic acids is 2. The highest BCUT2D eigenvalue weighted by Gasteiger charge is 2.53. The first kappa shape index (κ1) is 15.9. The lowest BCUT2D eigenvalue weighted by atomic mass is 9.81. The maximum Gasteiger partial charge on any atom is 0.239 e. The van der Waals surface area contributed by atoms with E-state index < -0.39 is 5.41 Å². The first-order valence-electron chi connectivity index (χ1n) is 8.72. The van der Waals surface area contributed by atoms with Crippen LogP contribution in [0.2, 0.25) is 0 Å². The van der Waals surface area contributed by atoms with Crippen LogP contribution in [0, 0.1) is 6.92 Å². The molecule has 0 N–H and O–H groups in total. The fraction of sp³-hybridized carbons (Fsp3) is 0.333. The molecule has 2 aromatic rings. The molecule has 2 aromatic carbocycles. The molecule has 0 aliphatic carbocycles. The molecule has 1 fully saturated rings. The molecule has 2 heterocycles. The lowest BCUT2D eigenvalue weighted by Gasteiger charge is -2.23. The van der Waals surface area contributed by atoms with Crippen molar-refractivity contribution < 1.29 is 9.59 Å². The van der Waals surface area contributed by atoms with Crippen LogP contribution in [0.3, 0.4) is 0 Å². The summed E-state index contributed by atoms with van der Waals surface area (Å²) in [5, 5.41) is 0. The molecule has 128 valence electrons. The van der Waals surface area contributed by atoms with E-state index in [1.165, 1.54) is 5.56 Å². The second-order valence-electron chi connectivity index (χ2n) is 7.19. The smallest absolute Gasteiger partial charge is 0.239 e. The highest BCUT2D eigenvalue weighted by molar-refractivity contribution is 6.08. The molecule has 0 aromatic heterocycles. The number of hydrogen-bond donors (Lipinski definition) is 0. The number of likely N-dealkylation sites (tertiary alicyclic amines) is 1. The van der Waals surface area contributed by atoms with Gasteiger partial charge in [0.2, 0.25) is 11.8 Å². The van der Waals surface area contributed by atoms with Crippen LogP contribution in [0.25, 0.3) is 0 Å². The van der Waals surface area contributed by atoms with E-state index in [-0.39, 0.29) is 11.8 Å². The number of amides is 2. The quantitative estimate of drug-likeness (QED) is 0.847. The van der Waals surface area contributed by atoms with E-state index in [9.17, 15) is 9.59 Å². The first-order chi connectivity index (χ1) is 12.0. The van der Waals surface area contributed by atoms with Crippen molar-refractivity contribution in [2.24, 2.45) is 0 Å². The molecule has 4 nitrogen and oxygen atoms in total. The normalized spacial score (nSPS) is 21.9. The van der Waals surface area contributed by atoms with E-state index in [0.717, 1.165) is 16.8 Å². The van der Waals surface area contributed by atoms with Gasteiger partial charge in [0.05, 0.1) is 11.8 Å². The summed E-state index contributed by atoms with van der Waals surface area (Å²) in [4.78, 5) is 29.3. The van der Waals surface area contributed by atoms with Crippen LogP contribution in [-0.2, 0) is 21.4 Å². The molecule has 1 spiro atoms. The van der Waals surface area contributed by atoms with Crippen LogP contribution in [-0.4, -0.2) is 36.9 Å². The Hall–Kier alpha value is -2.62. The molecule has 25 heavy (non-hydrogen) atoms. The number of benzene rings is 2. The van der Waals surface area contributed by atoms with Crippen molar-refractivity contribution in [2.45, 2.75) is 25.2 Å². The van der Waals surface area contributed by atoms with E-state index in [1.807, 2.05) is 67.4 Å². The van der Waals surface area contributed by atoms with Crippen molar-refractivity contribution in [3.05, 3.63) is 65.2 Å². The van der Waals surface area contributed by atoms with Crippen LogP contribution in [0.4, 0.5) is 5.69 Å². The van der Waals surface area contributed by atoms with E-state index in [4.69, 9.17) is 0 Å². The zero-order valence-corrected chi connectivity index (χ0v) is 14.7. The number of likely N-dealkylation sites (N-methyl/N-ethyl adjacent to an activating group) is 1. The number of anilines is 1. The minimum atomic E-state index is -0.561. The van der Waals surface area contributed by atoms with Crippen molar-refractivity contribution in [2.75, 3.05) is 25.0 Å². The van der Waals surface area contributed by atoms with Crippen molar-refractivity contribution in [1.82, 2.24) is 4.90 Å². The van der Waals surface area contributed by atoms with Crippen LogP contribution >= 0.6 is 0 Å². The van der Waals surface area contributed by atoms with Gasteiger partial charge in [0, 0.05) is 25.8 Å². The summed E-state index contributed by atoms with van der Waals surface area (Å²) in [7, 11) is 1.83. The molecule has 1 saturated heterocycles. The van der Waals surface area contributed by atoms with Gasteiger partial charge in [0.15, 0.2) is 0 Å². The van der Waals surface area contributed by atoms with Gasteiger partial charge >= 0.3 is 0 Å². The molecule has 4 rings (SSSR count). The summed E-state index contributed by atoms with van der Waals surface area (Å²) in [6.45, 7) is 3.16. The fourth-order valence-electron chi connectivity index (χ4n) is 4.13. The third-order valence-corrected chi connectivity index (χ3v) is 5.59. The molecular weight excluding hydrogens is 312 g/mol. The highest BCUT2D eigenvalue weighted by Crippen LogP contribution is 2.46. The molecule has 0 saturated carbocycles. The number of hydrogen-bond acceptors (Lipinski definition) is 2. The summed E-state index contributed by atoms with van der Waals surface area (Å²) >= 11 is 0. The Morgan fingerprint density at radius 3 is 2.60 bits per heavy atom. The van der Waals surface area contributed by atoms with Gasteiger partial charge in [-0.25, -0.2) is 0 Å². The SMILES string of the molecule is Cc1ccc(CC(=O)N2CCC3(C2)C(=O)N(C)c2ccccc23)cc1. The van der Waals surface area contributed by atoms with Gasteiger partial charge in [-0.05, 0) is 30.5 Å². The van der Waals surface area contributed by atoms with Crippen molar-refractivity contribution in [1.29, 1.82) is 0 Å². The molecule has 4 heteroatoms. The molecule has 2 aliphatic rings. The van der Waals surface area contributed by atoms with E-state index in [0.29, 0.717) is 25.9 Å². The van der Waals surface area contributed by atoms with Gasteiger partial charge in [0.1, 0.15) is 0 Å². The standard InChI is InChI=1S/C21H22N2O2/c1-15-7-9-16(10-8-15)13-19(24)23-12-11-21(14-23)17-5-3-4-6-18(17)22(2)20(21)25/h3-10H,11-14H2,1-2H3. The topological polar surface area (TPSA) is 40.6 Å². The Labute approximate surface area is 148 Å². The third-order valence-electron chi connectivity index (χ3n) is 5.59. The fourth-order valence-corrected chi connectivity index (χ4v) is 4.13. The largest absolute Gasteiger partial charge is 0.341 e. The Bertz CT molecular complexity index is 843. The van der Waals surface area contributed by atoms with Crippen molar-refractivity contribution >= 4 is 17.5 Å². The van der Waals surface area contributed by atoms with Crippen LogP contribution in [0.15, 0.2) is 48.5 Å². The summed E-state index contributed by atoms with van der Waals surface area (Å²) in [6.07, 6.45) is 1.09. The third kappa shape index (κ3) is 2.44. The summed E-state index contributed by atoms with van der Waals surface area (Å²) in [5.74, 6) is 0.208. The Morgan fingerprint density at radius 1 is 1.12 bits per heavy atom. The second-order valence-corrected chi connectivity index (χ2v) is 7.19. The highest BCUT2D eigenvalue weighted by atomic mass is 16.2. The van der Waals surface area contributed by atoms with Crippen molar-refractivity contribution in [3.63, 3.8) is 0 Å². The van der Waals surface area contributed by atoms with E-state index in [2.05, 4.69) is 0 Å². The number of rotatable bonds is 2. The molecular formula is C21H22N2O2. The monoisotopic (exact) mass is 334 g/mol. The number of carbonyl (C=O) groups is 2. The van der Waals surface area contributed by atoms with Crippen LogP contribution in [0.5, 0.6) is 0 Å². The van der Waals surface area contributed by atoms with Gasteiger partial charge in [-0.2, -0.15) is 0 Å². The van der Waals surface area contributed by atoms with E-state index in [1.54, 1.807) is 4.90 Å². The zero-order chi connectivity index (χ0) is 17.6. The Balaban J connectivity index is 1.56. The molecule has 2 amide bonds. The number of nitrogens with zero attached hydrogens (tertiary/aromatic N) is 2. The van der Waals surface area contributed by atoms with Crippen molar-refractivity contribution in [3.8, 4) is 0 Å².